The number of ether oxygens (including phenoxy) is 1. The highest BCUT2D eigenvalue weighted by Crippen LogP contribution is 2.32. The molecule has 1 aliphatic heterocycles. The number of rotatable bonds is 12. The number of hydrogen-bond donors (Lipinski definition) is 6. The van der Waals surface area contributed by atoms with E-state index < -0.39 is 31.1 Å². The van der Waals surface area contributed by atoms with Crippen LogP contribution in [0.1, 0.15) is 42.3 Å². The molecular formula is C27H33N7O5S. The van der Waals surface area contributed by atoms with Gasteiger partial charge in [-0.3, -0.25) is 9.36 Å². The number of anilines is 2. The zero-order valence-corrected chi connectivity index (χ0v) is 22.6. The molecule has 1 amide bonds. The van der Waals surface area contributed by atoms with Crippen LogP contribution in [0, 0.1) is 0 Å². The zero-order chi connectivity index (χ0) is 28.1. The van der Waals surface area contributed by atoms with E-state index in [1.165, 1.54) is 28.6 Å². The number of unbranched alkanes of at least 4 members (excludes halogenated alkanes) is 3. The molecule has 1 saturated heterocycles. The minimum atomic E-state index is -1.22. The Hall–Kier alpha value is -3.62. The van der Waals surface area contributed by atoms with E-state index in [1.807, 2.05) is 36.4 Å². The van der Waals surface area contributed by atoms with Crippen LogP contribution in [0.25, 0.3) is 21.6 Å². The quantitative estimate of drug-likeness (QED) is 0.139. The molecule has 0 spiro atoms. The number of aliphatic hydroxyl groups is 3. The molecule has 1 fully saturated rings. The Morgan fingerprint density at radius 2 is 1.77 bits per heavy atom. The van der Waals surface area contributed by atoms with Crippen molar-refractivity contribution in [2.75, 3.05) is 30.7 Å². The summed E-state index contributed by atoms with van der Waals surface area (Å²) in [4.78, 5) is 26.4. The second-order valence-corrected chi connectivity index (χ2v) is 10.8. The number of thiophene rings is 1. The van der Waals surface area contributed by atoms with Gasteiger partial charge >= 0.3 is 0 Å². The highest BCUT2D eigenvalue weighted by Gasteiger charge is 2.44. The zero-order valence-electron chi connectivity index (χ0n) is 21.8. The van der Waals surface area contributed by atoms with Crippen molar-refractivity contribution in [3.8, 4) is 10.4 Å². The standard InChI is InChI=1S/C27H33N7O5S/c28-20-10-9-19(40-20)16-5-7-17(8-6-16)26(38)30-12-4-2-1-3-11-29-24-21-25(32-14-31-24)34(15-33-21)27-23(37)22(36)18(13-35)39-27/h5-10,14-15,18,22-23,27,35-37H,1-4,11-13,28H2,(H,30,38)(H,29,31,32)/t18-,22-,23-,27-/m1/s1. The van der Waals surface area contributed by atoms with Crippen molar-refractivity contribution < 1.29 is 24.9 Å². The molecule has 3 aromatic heterocycles. The van der Waals surface area contributed by atoms with Crippen molar-refractivity contribution in [1.82, 2.24) is 24.8 Å². The molecule has 212 valence electrons. The summed E-state index contributed by atoms with van der Waals surface area (Å²) in [6.45, 7) is 0.887. The second kappa shape index (κ2) is 12.7. The first-order valence-corrected chi connectivity index (χ1v) is 14.1. The number of amides is 1. The smallest absolute Gasteiger partial charge is 0.251 e. The van der Waals surface area contributed by atoms with Gasteiger partial charge in [-0.25, -0.2) is 15.0 Å². The summed E-state index contributed by atoms with van der Waals surface area (Å²) in [6, 6.07) is 11.4. The number of imidazole rings is 1. The molecule has 0 saturated carbocycles. The number of hydrogen-bond acceptors (Lipinski definition) is 11. The van der Waals surface area contributed by atoms with E-state index in [0.29, 0.717) is 35.6 Å². The number of nitrogen functional groups attached to an aromatic ring is 1. The summed E-state index contributed by atoms with van der Waals surface area (Å²) in [5.41, 5.74) is 8.45. The number of nitrogens with zero attached hydrogens (tertiary/aromatic N) is 4. The maximum Gasteiger partial charge on any atom is 0.251 e. The summed E-state index contributed by atoms with van der Waals surface area (Å²) >= 11 is 1.52. The molecule has 0 unspecified atom stereocenters. The number of aromatic nitrogens is 4. The Morgan fingerprint density at radius 3 is 2.48 bits per heavy atom. The lowest BCUT2D eigenvalue weighted by molar-refractivity contribution is -0.0511. The fraction of sp³-hybridized carbons (Fsp3) is 0.407. The molecule has 12 nitrogen and oxygen atoms in total. The lowest BCUT2D eigenvalue weighted by Crippen LogP contribution is -2.33. The molecule has 1 aliphatic rings. The van der Waals surface area contributed by atoms with Crippen molar-refractivity contribution >= 4 is 39.2 Å². The summed E-state index contributed by atoms with van der Waals surface area (Å²) in [5, 5.41) is 36.8. The van der Waals surface area contributed by atoms with Gasteiger partial charge in [0.25, 0.3) is 5.91 Å². The van der Waals surface area contributed by atoms with Crippen LogP contribution in [-0.2, 0) is 4.74 Å². The maximum absolute atomic E-state index is 12.4. The molecule has 4 aromatic rings. The van der Waals surface area contributed by atoms with Crippen molar-refractivity contribution in [2.24, 2.45) is 0 Å². The number of nitrogens with two attached hydrogens (primary N) is 1. The number of aliphatic hydroxyl groups excluding tert-OH is 3. The molecule has 0 aliphatic carbocycles. The molecule has 40 heavy (non-hydrogen) atoms. The minimum absolute atomic E-state index is 0.0805. The van der Waals surface area contributed by atoms with E-state index >= 15 is 0 Å². The first kappa shape index (κ1) is 27.9. The molecule has 0 bridgehead atoms. The van der Waals surface area contributed by atoms with Gasteiger partial charge in [-0.15, -0.1) is 11.3 Å². The number of fused-ring (bicyclic) bond motifs is 1. The van der Waals surface area contributed by atoms with E-state index in [-0.39, 0.29) is 5.91 Å². The summed E-state index contributed by atoms with van der Waals surface area (Å²) in [7, 11) is 0. The molecule has 0 radical (unpaired) electrons. The fourth-order valence-electron chi connectivity index (χ4n) is 4.69. The minimum Gasteiger partial charge on any atom is -0.394 e. The third-order valence-electron chi connectivity index (χ3n) is 6.89. The highest BCUT2D eigenvalue weighted by atomic mass is 32.1. The predicted octanol–water partition coefficient (Wildman–Crippen LogP) is 2.15. The number of benzene rings is 1. The number of carbonyl (C=O) groups excluding carboxylic acids is 1. The molecule has 4 atom stereocenters. The molecule has 4 heterocycles. The van der Waals surface area contributed by atoms with Gasteiger partial charge in [0.1, 0.15) is 24.6 Å². The van der Waals surface area contributed by atoms with Gasteiger partial charge in [0.05, 0.1) is 17.9 Å². The lowest BCUT2D eigenvalue weighted by atomic mass is 10.1. The van der Waals surface area contributed by atoms with Crippen LogP contribution in [0.4, 0.5) is 10.8 Å². The normalized spacial score (nSPS) is 20.7. The van der Waals surface area contributed by atoms with Gasteiger partial charge in [-0.1, -0.05) is 25.0 Å². The topological polar surface area (TPSA) is 181 Å². The van der Waals surface area contributed by atoms with Crippen LogP contribution in [0.2, 0.25) is 0 Å². The van der Waals surface area contributed by atoms with Gasteiger partial charge < -0.3 is 36.4 Å². The van der Waals surface area contributed by atoms with Crippen molar-refractivity contribution in [3.05, 3.63) is 54.6 Å². The third kappa shape index (κ3) is 6.08. The van der Waals surface area contributed by atoms with E-state index in [9.17, 15) is 20.1 Å². The maximum atomic E-state index is 12.4. The van der Waals surface area contributed by atoms with Crippen LogP contribution < -0.4 is 16.4 Å². The van der Waals surface area contributed by atoms with Gasteiger partial charge in [-0.05, 0) is 42.7 Å². The Morgan fingerprint density at radius 1 is 1.00 bits per heavy atom. The molecule has 7 N–H and O–H groups in total. The molecule has 5 rings (SSSR count). The van der Waals surface area contributed by atoms with E-state index in [4.69, 9.17) is 10.5 Å². The van der Waals surface area contributed by atoms with Crippen LogP contribution in [0.5, 0.6) is 0 Å². The SMILES string of the molecule is Nc1ccc(-c2ccc(C(=O)NCCCCCCNc3ncnc4c3ncn4[C@@H]3O[C@H](CO)[C@@H](O)[C@H]3O)cc2)s1. The molecule has 1 aromatic carbocycles. The van der Waals surface area contributed by atoms with Gasteiger partial charge in [0.15, 0.2) is 23.2 Å². The predicted molar refractivity (Wildman–Crippen MR) is 152 cm³/mol. The summed E-state index contributed by atoms with van der Waals surface area (Å²) in [5.74, 6) is 0.486. The monoisotopic (exact) mass is 567 g/mol. The molecular weight excluding hydrogens is 534 g/mol. The lowest BCUT2D eigenvalue weighted by Gasteiger charge is -2.16. The van der Waals surface area contributed by atoms with Crippen molar-refractivity contribution in [3.63, 3.8) is 0 Å². The van der Waals surface area contributed by atoms with Crippen molar-refractivity contribution in [2.45, 2.75) is 50.2 Å². The first-order valence-electron chi connectivity index (χ1n) is 13.2. The van der Waals surface area contributed by atoms with E-state index in [0.717, 1.165) is 41.1 Å². The van der Waals surface area contributed by atoms with Crippen LogP contribution >= 0.6 is 11.3 Å². The first-order chi connectivity index (χ1) is 19.5. The Bertz CT molecular complexity index is 1430. The number of carbonyl (C=O) groups is 1. The summed E-state index contributed by atoms with van der Waals surface area (Å²) < 4.78 is 7.13. The van der Waals surface area contributed by atoms with E-state index in [2.05, 4.69) is 25.6 Å². The highest BCUT2D eigenvalue weighted by molar-refractivity contribution is 7.19. The van der Waals surface area contributed by atoms with Gasteiger partial charge in [0, 0.05) is 23.5 Å². The van der Waals surface area contributed by atoms with Gasteiger partial charge in [-0.2, -0.15) is 0 Å². The average molecular weight is 568 g/mol. The van der Waals surface area contributed by atoms with Crippen LogP contribution in [0.15, 0.2) is 49.1 Å². The second-order valence-electron chi connectivity index (χ2n) is 9.65. The van der Waals surface area contributed by atoms with Crippen LogP contribution in [0.3, 0.4) is 0 Å². The van der Waals surface area contributed by atoms with Gasteiger partial charge in [0.2, 0.25) is 0 Å². The fourth-order valence-corrected chi connectivity index (χ4v) is 5.47. The third-order valence-corrected chi connectivity index (χ3v) is 7.85. The Kier molecular flexibility index (Phi) is 8.87. The average Bonchev–Trinajstić information content (AvgIpc) is 3.68. The summed E-state index contributed by atoms with van der Waals surface area (Å²) in [6.07, 6.45) is 2.40. The van der Waals surface area contributed by atoms with E-state index in [1.54, 1.807) is 0 Å². The Balaban J connectivity index is 1.02. The Labute approximate surface area is 234 Å². The van der Waals surface area contributed by atoms with Crippen LogP contribution in [-0.4, -0.2) is 78.8 Å². The number of nitrogens with one attached hydrogen (secondary N) is 2. The molecule has 13 heteroatoms. The van der Waals surface area contributed by atoms with Crippen molar-refractivity contribution in [1.29, 1.82) is 0 Å². The largest absolute Gasteiger partial charge is 0.394 e.